The lowest BCUT2D eigenvalue weighted by atomic mass is 10.2. The number of hydrogen-bond donors (Lipinski definition) is 2. The van der Waals surface area contributed by atoms with Gasteiger partial charge < -0.3 is 15.2 Å². The third-order valence-corrected chi connectivity index (χ3v) is 2.73. The molecule has 0 bridgehead atoms. The number of rotatable bonds is 9. The highest BCUT2D eigenvalue weighted by Gasteiger charge is 1.95. The van der Waals surface area contributed by atoms with Crippen LogP contribution in [-0.4, -0.2) is 24.3 Å². The SMILES string of the molecule is CC(C)NCCCCCCOc1ccc(O)cc1. The van der Waals surface area contributed by atoms with Gasteiger partial charge in [-0.1, -0.05) is 26.7 Å². The number of ether oxygens (including phenoxy) is 1. The molecule has 1 rings (SSSR count). The van der Waals surface area contributed by atoms with Gasteiger partial charge in [-0.05, 0) is 43.7 Å². The minimum absolute atomic E-state index is 0.278. The van der Waals surface area contributed by atoms with Crippen molar-refractivity contribution in [3.63, 3.8) is 0 Å². The standard InChI is InChI=1S/C15H25NO2/c1-13(2)16-11-5-3-4-6-12-18-15-9-7-14(17)8-10-15/h7-10,13,16-17H,3-6,11-12H2,1-2H3. The fourth-order valence-electron chi connectivity index (χ4n) is 1.70. The number of nitrogens with one attached hydrogen (secondary N) is 1. The van der Waals surface area contributed by atoms with Gasteiger partial charge in [0, 0.05) is 6.04 Å². The molecule has 0 spiro atoms. The summed E-state index contributed by atoms with van der Waals surface area (Å²) in [5.41, 5.74) is 0. The molecule has 0 aliphatic carbocycles. The van der Waals surface area contributed by atoms with Gasteiger partial charge in [-0.25, -0.2) is 0 Å². The van der Waals surface area contributed by atoms with Crippen LogP contribution >= 0.6 is 0 Å². The number of unbranched alkanes of at least 4 members (excludes halogenated alkanes) is 3. The summed E-state index contributed by atoms with van der Waals surface area (Å²) in [6.45, 7) is 6.20. The molecule has 102 valence electrons. The Morgan fingerprint density at radius 3 is 2.39 bits per heavy atom. The minimum atomic E-state index is 0.278. The van der Waals surface area contributed by atoms with Gasteiger partial charge in [-0.2, -0.15) is 0 Å². The maximum atomic E-state index is 9.13. The highest BCUT2D eigenvalue weighted by atomic mass is 16.5. The van der Waals surface area contributed by atoms with Crippen LogP contribution in [0.2, 0.25) is 0 Å². The van der Waals surface area contributed by atoms with Crippen LogP contribution in [0.15, 0.2) is 24.3 Å². The van der Waals surface area contributed by atoms with Crippen LogP contribution in [0, 0.1) is 0 Å². The quantitative estimate of drug-likeness (QED) is 0.661. The highest BCUT2D eigenvalue weighted by Crippen LogP contribution is 2.16. The van der Waals surface area contributed by atoms with Gasteiger partial charge in [0.05, 0.1) is 6.61 Å². The molecule has 0 aliphatic rings. The molecule has 0 atom stereocenters. The second-order valence-corrected chi connectivity index (χ2v) is 4.87. The molecule has 0 unspecified atom stereocenters. The molecule has 0 saturated heterocycles. The molecular weight excluding hydrogens is 226 g/mol. The van der Waals surface area contributed by atoms with E-state index >= 15 is 0 Å². The van der Waals surface area contributed by atoms with Crippen LogP contribution < -0.4 is 10.1 Å². The molecule has 2 N–H and O–H groups in total. The molecule has 0 aliphatic heterocycles. The second-order valence-electron chi connectivity index (χ2n) is 4.87. The predicted molar refractivity (Wildman–Crippen MR) is 75.2 cm³/mol. The van der Waals surface area contributed by atoms with Gasteiger partial charge in [-0.15, -0.1) is 0 Å². The molecule has 0 amide bonds. The summed E-state index contributed by atoms with van der Waals surface area (Å²) >= 11 is 0. The van der Waals surface area contributed by atoms with Gasteiger partial charge >= 0.3 is 0 Å². The van der Waals surface area contributed by atoms with Crippen LogP contribution in [0.4, 0.5) is 0 Å². The topological polar surface area (TPSA) is 41.5 Å². The van der Waals surface area contributed by atoms with E-state index in [2.05, 4.69) is 19.2 Å². The monoisotopic (exact) mass is 251 g/mol. The Morgan fingerprint density at radius 1 is 1.06 bits per heavy atom. The summed E-state index contributed by atoms with van der Waals surface area (Å²) < 4.78 is 5.58. The fraction of sp³-hybridized carbons (Fsp3) is 0.600. The number of phenolic OH excluding ortho intramolecular Hbond substituents is 1. The summed E-state index contributed by atoms with van der Waals surface area (Å²) in [5, 5.41) is 12.5. The molecule has 1 aromatic carbocycles. The summed E-state index contributed by atoms with van der Waals surface area (Å²) in [4.78, 5) is 0. The number of benzene rings is 1. The van der Waals surface area contributed by atoms with Crippen LogP contribution in [-0.2, 0) is 0 Å². The van der Waals surface area contributed by atoms with Crippen molar-refractivity contribution in [3.05, 3.63) is 24.3 Å². The smallest absolute Gasteiger partial charge is 0.119 e. The number of phenols is 1. The predicted octanol–water partition coefficient (Wildman–Crippen LogP) is 3.33. The normalized spacial score (nSPS) is 10.8. The van der Waals surface area contributed by atoms with Crippen LogP contribution in [0.25, 0.3) is 0 Å². The molecule has 0 aromatic heterocycles. The molecule has 3 heteroatoms. The minimum Gasteiger partial charge on any atom is -0.508 e. The molecule has 1 aromatic rings. The Morgan fingerprint density at radius 2 is 1.72 bits per heavy atom. The molecule has 18 heavy (non-hydrogen) atoms. The van der Waals surface area contributed by atoms with Crippen molar-refractivity contribution in [2.24, 2.45) is 0 Å². The Labute approximate surface area is 110 Å². The van der Waals surface area contributed by atoms with Gasteiger partial charge in [0.1, 0.15) is 11.5 Å². The Hall–Kier alpha value is -1.22. The molecule has 0 radical (unpaired) electrons. The molecule has 0 saturated carbocycles. The first kappa shape index (κ1) is 14.8. The van der Waals surface area contributed by atoms with E-state index in [1.807, 2.05) is 0 Å². The van der Waals surface area contributed by atoms with Crippen molar-refractivity contribution >= 4 is 0 Å². The van der Waals surface area contributed by atoms with Crippen molar-refractivity contribution in [1.29, 1.82) is 0 Å². The third-order valence-electron chi connectivity index (χ3n) is 2.73. The maximum Gasteiger partial charge on any atom is 0.119 e. The largest absolute Gasteiger partial charge is 0.508 e. The van der Waals surface area contributed by atoms with Crippen molar-refractivity contribution in [1.82, 2.24) is 5.32 Å². The molecular formula is C15H25NO2. The lowest BCUT2D eigenvalue weighted by Crippen LogP contribution is -2.23. The molecule has 0 heterocycles. The molecule has 0 fully saturated rings. The first-order chi connectivity index (χ1) is 8.68. The molecule has 3 nitrogen and oxygen atoms in total. The summed E-state index contributed by atoms with van der Waals surface area (Å²) in [5.74, 6) is 1.11. The first-order valence-electron chi connectivity index (χ1n) is 6.83. The Bertz CT molecular complexity index is 309. The van der Waals surface area contributed by atoms with E-state index in [1.165, 1.54) is 19.3 Å². The maximum absolute atomic E-state index is 9.13. The van der Waals surface area contributed by atoms with E-state index in [9.17, 15) is 0 Å². The van der Waals surface area contributed by atoms with E-state index in [-0.39, 0.29) is 5.75 Å². The number of hydrogen-bond acceptors (Lipinski definition) is 3. The lowest BCUT2D eigenvalue weighted by molar-refractivity contribution is 0.304. The summed E-state index contributed by atoms with van der Waals surface area (Å²) in [6, 6.07) is 7.46. The van der Waals surface area contributed by atoms with E-state index in [0.717, 1.165) is 25.3 Å². The second kappa shape index (κ2) is 8.81. The first-order valence-corrected chi connectivity index (χ1v) is 6.83. The van der Waals surface area contributed by atoms with E-state index < -0.39 is 0 Å². The van der Waals surface area contributed by atoms with Crippen LogP contribution in [0.5, 0.6) is 11.5 Å². The Balaban J connectivity index is 1.94. The summed E-state index contributed by atoms with van der Waals surface area (Å²) in [7, 11) is 0. The van der Waals surface area contributed by atoms with Gasteiger partial charge in [0.25, 0.3) is 0 Å². The number of aromatic hydroxyl groups is 1. The van der Waals surface area contributed by atoms with Crippen LogP contribution in [0.1, 0.15) is 39.5 Å². The summed E-state index contributed by atoms with van der Waals surface area (Å²) in [6.07, 6.45) is 4.77. The average Bonchev–Trinajstić information content (AvgIpc) is 2.34. The van der Waals surface area contributed by atoms with Crippen molar-refractivity contribution in [2.45, 2.75) is 45.6 Å². The Kier molecular flexibility index (Phi) is 7.26. The van der Waals surface area contributed by atoms with Crippen molar-refractivity contribution in [2.75, 3.05) is 13.2 Å². The van der Waals surface area contributed by atoms with Crippen molar-refractivity contribution in [3.8, 4) is 11.5 Å². The zero-order valence-corrected chi connectivity index (χ0v) is 11.5. The van der Waals surface area contributed by atoms with Gasteiger partial charge in [0.15, 0.2) is 0 Å². The van der Waals surface area contributed by atoms with E-state index in [4.69, 9.17) is 9.84 Å². The lowest BCUT2D eigenvalue weighted by Gasteiger charge is -2.08. The zero-order valence-electron chi connectivity index (χ0n) is 11.5. The highest BCUT2D eigenvalue weighted by molar-refractivity contribution is 5.29. The average molecular weight is 251 g/mol. The van der Waals surface area contributed by atoms with E-state index in [0.29, 0.717) is 6.04 Å². The zero-order chi connectivity index (χ0) is 13.2. The third kappa shape index (κ3) is 7.17. The van der Waals surface area contributed by atoms with Gasteiger partial charge in [-0.3, -0.25) is 0 Å². The van der Waals surface area contributed by atoms with Crippen LogP contribution in [0.3, 0.4) is 0 Å². The van der Waals surface area contributed by atoms with Crippen molar-refractivity contribution < 1.29 is 9.84 Å². The fourth-order valence-corrected chi connectivity index (χ4v) is 1.70. The van der Waals surface area contributed by atoms with Gasteiger partial charge in [0.2, 0.25) is 0 Å². The van der Waals surface area contributed by atoms with E-state index in [1.54, 1.807) is 24.3 Å².